The smallest absolute Gasteiger partial charge is 0.257 e. The first-order valence-electron chi connectivity index (χ1n) is 7.81. The van der Waals surface area contributed by atoms with Crippen molar-refractivity contribution >= 4 is 17.5 Å². The quantitative estimate of drug-likeness (QED) is 0.896. The lowest BCUT2D eigenvalue weighted by atomic mass is 10.1. The summed E-state index contributed by atoms with van der Waals surface area (Å²) in [6.07, 6.45) is 4.44. The van der Waals surface area contributed by atoms with Crippen LogP contribution in [0, 0.1) is 0 Å². The van der Waals surface area contributed by atoms with Gasteiger partial charge in [0.05, 0.1) is 10.6 Å². The Hall–Kier alpha value is -1.46. The average molecular weight is 325 g/mol. The number of phenols is 2. The molecule has 0 aliphatic carbocycles. The second-order valence-electron chi connectivity index (χ2n) is 6.12. The summed E-state index contributed by atoms with van der Waals surface area (Å²) < 4.78 is 0. The Morgan fingerprint density at radius 3 is 2.59 bits per heavy atom. The highest BCUT2D eigenvalue weighted by Crippen LogP contribution is 2.33. The molecule has 22 heavy (non-hydrogen) atoms. The van der Waals surface area contributed by atoms with Crippen molar-refractivity contribution in [2.24, 2.45) is 0 Å². The van der Waals surface area contributed by atoms with E-state index in [1.165, 1.54) is 18.9 Å². The fourth-order valence-corrected chi connectivity index (χ4v) is 3.60. The van der Waals surface area contributed by atoms with Crippen molar-refractivity contribution < 1.29 is 15.0 Å². The van der Waals surface area contributed by atoms with Crippen LogP contribution in [0.5, 0.6) is 11.5 Å². The number of carbonyl (C=O) groups excluding carboxylic acids is 1. The monoisotopic (exact) mass is 324 g/mol. The zero-order valence-electron chi connectivity index (χ0n) is 12.5. The molecule has 2 saturated heterocycles. The molecule has 3 rings (SSSR count). The van der Waals surface area contributed by atoms with Crippen LogP contribution >= 0.6 is 11.6 Å². The molecule has 2 heterocycles. The van der Waals surface area contributed by atoms with E-state index in [0.29, 0.717) is 6.54 Å². The predicted molar refractivity (Wildman–Crippen MR) is 84.5 cm³/mol. The summed E-state index contributed by atoms with van der Waals surface area (Å²) in [5, 5.41) is 19.5. The van der Waals surface area contributed by atoms with Gasteiger partial charge in [0.1, 0.15) is 11.5 Å². The van der Waals surface area contributed by atoms with Crippen molar-refractivity contribution in [2.45, 2.75) is 31.7 Å². The minimum atomic E-state index is -0.223. The van der Waals surface area contributed by atoms with Crippen molar-refractivity contribution in [1.82, 2.24) is 9.80 Å². The zero-order valence-corrected chi connectivity index (χ0v) is 13.2. The molecule has 2 fully saturated rings. The fraction of sp³-hybridized carbons (Fsp3) is 0.562. The van der Waals surface area contributed by atoms with Crippen LogP contribution in [0.3, 0.4) is 0 Å². The molecular weight excluding hydrogens is 304 g/mol. The molecule has 0 saturated carbocycles. The molecule has 0 aromatic heterocycles. The summed E-state index contributed by atoms with van der Waals surface area (Å²) in [4.78, 5) is 17.0. The number of likely N-dealkylation sites (tertiary alicyclic amines) is 2. The van der Waals surface area contributed by atoms with E-state index < -0.39 is 0 Å². The van der Waals surface area contributed by atoms with Gasteiger partial charge in [0.25, 0.3) is 5.91 Å². The van der Waals surface area contributed by atoms with Crippen molar-refractivity contribution in [3.63, 3.8) is 0 Å². The van der Waals surface area contributed by atoms with E-state index in [-0.39, 0.29) is 34.0 Å². The lowest BCUT2D eigenvalue weighted by Crippen LogP contribution is -2.42. The standard InChI is InChI=1S/C16H21ClN2O3/c17-13-8-12(14(20)9-15(13)21)16(22)19-7-3-4-11(19)10-18-5-1-2-6-18/h8-9,11,20-21H,1-7,10H2/t11-/m1/s1. The number of rotatable bonds is 3. The summed E-state index contributed by atoms with van der Waals surface area (Å²) in [7, 11) is 0. The summed E-state index contributed by atoms with van der Waals surface area (Å²) in [5.74, 6) is -0.648. The van der Waals surface area contributed by atoms with Crippen LogP contribution < -0.4 is 0 Å². The van der Waals surface area contributed by atoms with Gasteiger partial charge in [0.2, 0.25) is 0 Å². The molecule has 2 N–H and O–H groups in total. The van der Waals surface area contributed by atoms with Crippen molar-refractivity contribution in [1.29, 1.82) is 0 Å². The summed E-state index contributed by atoms with van der Waals surface area (Å²) >= 11 is 5.87. The van der Waals surface area contributed by atoms with E-state index in [2.05, 4.69) is 4.90 Å². The Labute approximate surface area is 135 Å². The number of carbonyl (C=O) groups is 1. The second-order valence-corrected chi connectivity index (χ2v) is 6.53. The Balaban J connectivity index is 1.76. The zero-order chi connectivity index (χ0) is 15.7. The highest BCUT2D eigenvalue weighted by molar-refractivity contribution is 6.32. The maximum absolute atomic E-state index is 12.7. The first-order valence-corrected chi connectivity index (χ1v) is 8.19. The number of benzene rings is 1. The summed E-state index contributed by atoms with van der Waals surface area (Å²) in [6, 6.07) is 2.67. The van der Waals surface area contributed by atoms with Gasteiger partial charge in [-0.15, -0.1) is 0 Å². The summed E-state index contributed by atoms with van der Waals surface area (Å²) in [6.45, 7) is 3.82. The Morgan fingerprint density at radius 1 is 1.14 bits per heavy atom. The van der Waals surface area contributed by atoms with Gasteiger partial charge in [0.15, 0.2) is 0 Å². The molecule has 1 aromatic carbocycles. The number of halogens is 1. The van der Waals surface area contributed by atoms with Crippen LogP contribution in [0.25, 0.3) is 0 Å². The van der Waals surface area contributed by atoms with Crippen LogP contribution in [0.2, 0.25) is 5.02 Å². The maximum atomic E-state index is 12.7. The highest BCUT2D eigenvalue weighted by atomic mass is 35.5. The van der Waals surface area contributed by atoms with Crippen LogP contribution in [0.1, 0.15) is 36.0 Å². The normalized spacial score (nSPS) is 22.4. The molecule has 0 spiro atoms. The Bertz CT molecular complexity index is 573. The minimum absolute atomic E-state index is 0.0800. The molecule has 120 valence electrons. The molecule has 0 unspecified atom stereocenters. The number of hydrogen-bond donors (Lipinski definition) is 2. The number of hydrogen-bond acceptors (Lipinski definition) is 4. The highest BCUT2D eigenvalue weighted by Gasteiger charge is 2.32. The van der Waals surface area contributed by atoms with E-state index in [1.807, 2.05) is 4.90 Å². The number of aromatic hydroxyl groups is 2. The van der Waals surface area contributed by atoms with Gasteiger partial charge in [-0.1, -0.05) is 11.6 Å². The van der Waals surface area contributed by atoms with Crippen LogP contribution in [0.15, 0.2) is 12.1 Å². The molecule has 1 atom stereocenters. The molecule has 5 nitrogen and oxygen atoms in total. The van der Waals surface area contributed by atoms with Gasteiger partial charge in [-0.2, -0.15) is 0 Å². The number of nitrogens with zero attached hydrogens (tertiary/aromatic N) is 2. The largest absolute Gasteiger partial charge is 0.507 e. The Kier molecular flexibility index (Phi) is 4.45. The van der Waals surface area contributed by atoms with Gasteiger partial charge in [-0.25, -0.2) is 0 Å². The van der Waals surface area contributed by atoms with Gasteiger partial charge in [-0.3, -0.25) is 4.79 Å². The third-order valence-corrected chi connectivity index (χ3v) is 4.90. The lowest BCUT2D eigenvalue weighted by Gasteiger charge is -2.28. The molecule has 1 amide bonds. The fourth-order valence-electron chi connectivity index (χ4n) is 3.43. The first-order chi connectivity index (χ1) is 10.6. The first kappa shape index (κ1) is 15.4. The molecule has 2 aliphatic heterocycles. The van der Waals surface area contributed by atoms with E-state index in [0.717, 1.165) is 38.5 Å². The van der Waals surface area contributed by atoms with Gasteiger partial charge in [0, 0.05) is 25.2 Å². The molecule has 2 aliphatic rings. The average Bonchev–Trinajstić information content (AvgIpc) is 3.14. The summed E-state index contributed by atoms with van der Waals surface area (Å²) in [5.41, 5.74) is 0.163. The van der Waals surface area contributed by atoms with E-state index in [4.69, 9.17) is 11.6 Å². The predicted octanol–water partition coefficient (Wildman–Crippen LogP) is 2.45. The number of amides is 1. The van der Waals surface area contributed by atoms with Crippen LogP contribution in [-0.4, -0.2) is 58.1 Å². The van der Waals surface area contributed by atoms with E-state index in [9.17, 15) is 15.0 Å². The molecule has 0 radical (unpaired) electrons. The van der Waals surface area contributed by atoms with Crippen molar-refractivity contribution in [3.05, 3.63) is 22.7 Å². The van der Waals surface area contributed by atoms with Crippen LogP contribution in [0.4, 0.5) is 0 Å². The number of phenolic OH excluding ortho intramolecular Hbond substituents is 2. The third-order valence-electron chi connectivity index (χ3n) is 4.60. The van der Waals surface area contributed by atoms with Gasteiger partial charge < -0.3 is 20.0 Å². The topological polar surface area (TPSA) is 64.0 Å². The lowest BCUT2D eigenvalue weighted by molar-refractivity contribution is 0.0706. The molecule has 1 aromatic rings. The van der Waals surface area contributed by atoms with E-state index >= 15 is 0 Å². The van der Waals surface area contributed by atoms with Crippen molar-refractivity contribution in [2.75, 3.05) is 26.2 Å². The second kappa shape index (κ2) is 6.34. The molecular formula is C16H21ClN2O3. The molecule has 0 bridgehead atoms. The molecule has 6 heteroatoms. The van der Waals surface area contributed by atoms with Gasteiger partial charge >= 0.3 is 0 Å². The Morgan fingerprint density at radius 2 is 1.86 bits per heavy atom. The van der Waals surface area contributed by atoms with Gasteiger partial charge in [-0.05, 0) is 44.8 Å². The maximum Gasteiger partial charge on any atom is 0.257 e. The third kappa shape index (κ3) is 3.01. The van der Waals surface area contributed by atoms with Crippen molar-refractivity contribution in [3.8, 4) is 11.5 Å². The van der Waals surface area contributed by atoms with Crippen LogP contribution in [-0.2, 0) is 0 Å². The SMILES string of the molecule is O=C(c1cc(Cl)c(O)cc1O)N1CCC[C@@H]1CN1CCCC1. The minimum Gasteiger partial charge on any atom is -0.507 e. The van der Waals surface area contributed by atoms with E-state index in [1.54, 1.807) is 0 Å².